The number of aromatic nitrogens is 1. The van der Waals surface area contributed by atoms with E-state index in [0.717, 1.165) is 9.88 Å². The van der Waals surface area contributed by atoms with Crippen molar-refractivity contribution in [3.63, 3.8) is 0 Å². The Bertz CT molecular complexity index is 790. The minimum atomic E-state index is -1.69. The van der Waals surface area contributed by atoms with Gasteiger partial charge >= 0.3 is 5.97 Å². The predicted octanol–water partition coefficient (Wildman–Crippen LogP) is 3.59. The molecule has 1 aromatic carbocycles. The number of carbonyl (C=O) groups excluding carboxylic acids is 1. The molecule has 22 heavy (non-hydrogen) atoms. The average molecular weight is 336 g/mol. The highest BCUT2D eigenvalue weighted by Gasteiger charge is 2.45. The average Bonchev–Trinajstić information content (AvgIpc) is 2.86. The molecule has 0 radical (unpaired) electrons. The first-order valence-electron chi connectivity index (χ1n) is 6.70. The van der Waals surface area contributed by atoms with Gasteiger partial charge in [0.15, 0.2) is 0 Å². The Morgan fingerprint density at radius 3 is 2.45 bits per heavy atom. The maximum absolute atomic E-state index is 12.3. The molecule has 1 aliphatic heterocycles. The van der Waals surface area contributed by atoms with Crippen LogP contribution in [0.2, 0.25) is 5.02 Å². The van der Waals surface area contributed by atoms with Crippen LogP contribution in [0.4, 0.5) is 0 Å². The Hall–Kier alpha value is -1.69. The van der Waals surface area contributed by atoms with Gasteiger partial charge in [-0.1, -0.05) is 23.7 Å². The molecule has 0 amide bonds. The fourth-order valence-corrected chi connectivity index (χ4v) is 3.57. The van der Waals surface area contributed by atoms with Crippen LogP contribution in [0.1, 0.15) is 28.1 Å². The van der Waals surface area contributed by atoms with E-state index in [2.05, 4.69) is 4.98 Å². The van der Waals surface area contributed by atoms with Gasteiger partial charge in [-0.3, -0.25) is 0 Å². The minimum absolute atomic E-state index is 0.314. The van der Waals surface area contributed by atoms with E-state index in [9.17, 15) is 9.90 Å². The van der Waals surface area contributed by atoms with E-state index in [4.69, 9.17) is 16.3 Å². The van der Waals surface area contributed by atoms with Crippen molar-refractivity contribution in [1.82, 2.24) is 4.98 Å². The first-order chi connectivity index (χ1) is 10.3. The normalized spacial score (nSPS) is 21.4. The van der Waals surface area contributed by atoms with Crippen LogP contribution in [-0.2, 0) is 9.53 Å². The van der Waals surface area contributed by atoms with Gasteiger partial charge in [-0.05, 0) is 31.5 Å². The Labute approximate surface area is 137 Å². The SMILES string of the molecule is Cc1nc(C2=C(c3ccc(Cl)cc3)C(C)(O)OC2=O)c(C)s1. The summed E-state index contributed by atoms with van der Waals surface area (Å²) in [6.45, 7) is 5.23. The van der Waals surface area contributed by atoms with Crippen LogP contribution >= 0.6 is 22.9 Å². The number of aryl methyl sites for hydroxylation is 2. The molecule has 0 fully saturated rings. The van der Waals surface area contributed by atoms with Gasteiger partial charge in [0, 0.05) is 22.4 Å². The lowest BCUT2D eigenvalue weighted by Crippen LogP contribution is -2.26. The van der Waals surface area contributed by atoms with Gasteiger partial charge in [-0.15, -0.1) is 11.3 Å². The molecule has 0 spiro atoms. The summed E-state index contributed by atoms with van der Waals surface area (Å²) in [5.41, 5.74) is 1.98. The largest absolute Gasteiger partial charge is 0.425 e. The second kappa shape index (κ2) is 5.19. The van der Waals surface area contributed by atoms with Gasteiger partial charge in [0.05, 0.1) is 16.3 Å². The fourth-order valence-electron chi connectivity index (χ4n) is 2.62. The number of hydrogen-bond acceptors (Lipinski definition) is 5. The molecule has 1 aliphatic rings. The van der Waals surface area contributed by atoms with Crippen LogP contribution < -0.4 is 0 Å². The summed E-state index contributed by atoms with van der Waals surface area (Å²) in [6.07, 6.45) is 0. The van der Waals surface area contributed by atoms with Crippen molar-refractivity contribution >= 4 is 40.1 Å². The van der Waals surface area contributed by atoms with Crippen molar-refractivity contribution in [1.29, 1.82) is 0 Å². The molecular weight excluding hydrogens is 322 g/mol. The van der Waals surface area contributed by atoms with E-state index in [-0.39, 0.29) is 0 Å². The summed E-state index contributed by atoms with van der Waals surface area (Å²) in [6, 6.07) is 6.92. The fraction of sp³-hybridized carbons (Fsp3) is 0.250. The number of hydrogen-bond donors (Lipinski definition) is 1. The highest BCUT2D eigenvalue weighted by molar-refractivity contribution is 7.11. The summed E-state index contributed by atoms with van der Waals surface area (Å²) < 4.78 is 5.15. The van der Waals surface area contributed by atoms with Crippen LogP contribution in [0, 0.1) is 13.8 Å². The zero-order valence-corrected chi connectivity index (χ0v) is 13.9. The monoisotopic (exact) mass is 335 g/mol. The van der Waals surface area contributed by atoms with Crippen molar-refractivity contribution in [3.05, 3.63) is 50.4 Å². The minimum Gasteiger partial charge on any atom is -0.425 e. The molecule has 1 N–H and O–H groups in total. The van der Waals surface area contributed by atoms with E-state index in [1.54, 1.807) is 24.3 Å². The van der Waals surface area contributed by atoms with Crippen molar-refractivity contribution in [2.75, 3.05) is 0 Å². The first kappa shape index (κ1) is 15.2. The third-order valence-corrected chi connectivity index (χ3v) is 4.62. The number of benzene rings is 1. The Balaban J connectivity index is 2.28. The number of aliphatic hydroxyl groups is 1. The maximum atomic E-state index is 12.3. The molecule has 0 saturated heterocycles. The summed E-state index contributed by atoms with van der Waals surface area (Å²) in [5, 5.41) is 12.0. The van der Waals surface area contributed by atoms with Gasteiger partial charge < -0.3 is 9.84 Å². The number of ether oxygens (including phenoxy) is 1. The zero-order valence-electron chi connectivity index (χ0n) is 12.3. The molecule has 3 rings (SSSR count). The molecule has 6 heteroatoms. The second-order valence-electron chi connectivity index (χ2n) is 5.27. The molecular formula is C16H14ClNO3S. The molecule has 2 aromatic rings. The quantitative estimate of drug-likeness (QED) is 0.852. The van der Waals surface area contributed by atoms with Crippen LogP contribution in [-0.4, -0.2) is 21.8 Å². The lowest BCUT2D eigenvalue weighted by Gasteiger charge is -2.19. The van der Waals surface area contributed by atoms with Crippen molar-refractivity contribution < 1.29 is 14.6 Å². The molecule has 0 aliphatic carbocycles. The molecule has 1 atom stereocenters. The number of halogens is 1. The number of cyclic esters (lactones) is 1. The Morgan fingerprint density at radius 2 is 1.91 bits per heavy atom. The summed E-state index contributed by atoms with van der Waals surface area (Å²) >= 11 is 7.41. The smallest absolute Gasteiger partial charge is 0.343 e. The standard InChI is InChI=1S/C16H14ClNO3S/c1-8-14(18-9(2)22-8)12-13(16(3,20)21-15(12)19)10-4-6-11(17)7-5-10/h4-7,20H,1-3H3. The number of nitrogens with zero attached hydrogens (tertiary/aromatic N) is 1. The highest BCUT2D eigenvalue weighted by Crippen LogP contribution is 2.43. The summed E-state index contributed by atoms with van der Waals surface area (Å²) in [4.78, 5) is 17.6. The summed E-state index contributed by atoms with van der Waals surface area (Å²) in [7, 11) is 0. The Kier molecular flexibility index (Phi) is 3.59. The Morgan fingerprint density at radius 1 is 1.27 bits per heavy atom. The molecule has 114 valence electrons. The van der Waals surface area contributed by atoms with Crippen LogP contribution in [0.3, 0.4) is 0 Å². The van der Waals surface area contributed by atoms with Gasteiger partial charge in [0.2, 0.25) is 5.79 Å². The summed E-state index contributed by atoms with van der Waals surface area (Å²) in [5.74, 6) is -2.26. The van der Waals surface area contributed by atoms with Gasteiger partial charge in [-0.25, -0.2) is 9.78 Å². The topological polar surface area (TPSA) is 59.4 Å². The predicted molar refractivity (Wildman–Crippen MR) is 86.6 cm³/mol. The van der Waals surface area contributed by atoms with E-state index in [0.29, 0.717) is 27.4 Å². The molecule has 1 unspecified atom stereocenters. The lowest BCUT2D eigenvalue weighted by atomic mass is 9.94. The van der Waals surface area contributed by atoms with Crippen LogP contribution in [0.5, 0.6) is 0 Å². The first-order valence-corrected chi connectivity index (χ1v) is 7.90. The molecule has 4 nitrogen and oxygen atoms in total. The number of esters is 1. The number of thiazole rings is 1. The van der Waals surface area contributed by atoms with Crippen molar-refractivity contribution in [2.24, 2.45) is 0 Å². The highest BCUT2D eigenvalue weighted by atomic mass is 35.5. The molecule has 0 saturated carbocycles. The second-order valence-corrected chi connectivity index (χ2v) is 7.11. The van der Waals surface area contributed by atoms with E-state index in [1.807, 2.05) is 13.8 Å². The molecule has 0 bridgehead atoms. The van der Waals surface area contributed by atoms with E-state index < -0.39 is 11.8 Å². The number of rotatable bonds is 2. The van der Waals surface area contributed by atoms with Gasteiger partial charge in [0.1, 0.15) is 0 Å². The van der Waals surface area contributed by atoms with E-state index in [1.165, 1.54) is 18.3 Å². The van der Waals surface area contributed by atoms with Crippen molar-refractivity contribution in [2.45, 2.75) is 26.6 Å². The van der Waals surface area contributed by atoms with Crippen LogP contribution in [0.25, 0.3) is 11.1 Å². The molecule has 1 aromatic heterocycles. The molecule has 2 heterocycles. The zero-order chi connectivity index (χ0) is 16.1. The van der Waals surface area contributed by atoms with Crippen LogP contribution in [0.15, 0.2) is 24.3 Å². The lowest BCUT2D eigenvalue weighted by molar-refractivity contribution is -0.169. The number of carbonyl (C=O) groups is 1. The third kappa shape index (κ3) is 2.45. The van der Waals surface area contributed by atoms with Crippen molar-refractivity contribution in [3.8, 4) is 0 Å². The van der Waals surface area contributed by atoms with E-state index >= 15 is 0 Å². The van der Waals surface area contributed by atoms with Gasteiger partial charge in [-0.2, -0.15) is 0 Å². The third-order valence-electron chi connectivity index (χ3n) is 3.48. The maximum Gasteiger partial charge on any atom is 0.343 e. The van der Waals surface area contributed by atoms with Gasteiger partial charge in [0.25, 0.3) is 0 Å².